The molecule has 96 valence electrons. The third-order valence-electron chi connectivity index (χ3n) is 2.90. The molecule has 18 heavy (non-hydrogen) atoms. The highest BCUT2D eigenvalue weighted by Gasteiger charge is 2.24. The van der Waals surface area contributed by atoms with Crippen LogP contribution in [0.4, 0.5) is 0 Å². The molecular formula is C12H13NO5. The standard InChI is InChI=1S/C12H13NO5/c14-9(4-10(15)16)11(17)6-1-2-8-7(3-6)5-13-12(8)18/h1-3,9,11,14,17H,4-5H2,(H,13,18)(H,15,16). The number of carbonyl (C=O) groups is 2. The SMILES string of the molecule is O=C(O)CC(O)C(O)c1ccc2c(c1)CNC2=O. The maximum atomic E-state index is 11.3. The quantitative estimate of drug-likeness (QED) is 0.593. The molecule has 1 heterocycles. The number of benzene rings is 1. The number of hydrogen-bond acceptors (Lipinski definition) is 4. The number of amides is 1. The third-order valence-corrected chi connectivity index (χ3v) is 2.90. The summed E-state index contributed by atoms with van der Waals surface area (Å²) in [4.78, 5) is 21.8. The lowest BCUT2D eigenvalue weighted by Crippen LogP contribution is -2.21. The van der Waals surface area contributed by atoms with Gasteiger partial charge in [0.05, 0.1) is 12.5 Å². The number of aliphatic hydroxyl groups excluding tert-OH is 2. The van der Waals surface area contributed by atoms with Gasteiger partial charge in [0.2, 0.25) is 0 Å². The summed E-state index contributed by atoms with van der Waals surface area (Å²) in [7, 11) is 0. The summed E-state index contributed by atoms with van der Waals surface area (Å²) in [6, 6.07) is 4.67. The van der Waals surface area contributed by atoms with Crippen molar-refractivity contribution in [2.75, 3.05) is 0 Å². The van der Waals surface area contributed by atoms with Crippen LogP contribution >= 0.6 is 0 Å². The minimum Gasteiger partial charge on any atom is -0.481 e. The molecule has 4 N–H and O–H groups in total. The number of carboxylic acid groups (broad SMARTS) is 1. The van der Waals surface area contributed by atoms with Crippen LogP contribution in [0, 0.1) is 0 Å². The van der Waals surface area contributed by atoms with E-state index in [9.17, 15) is 19.8 Å². The van der Waals surface area contributed by atoms with Crippen molar-refractivity contribution < 1.29 is 24.9 Å². The van der Waals surface area contributed by atoms with E-state index < -0.39 is 24.6 Å². The summed E-state index contributed by atoms with van der Waals surface area (Å²) < 4.78 is 0. The van der Waals surface area contributed by atoms with E-state index in [1.165, 1.54) is 6.07 Å². The van der Waals surface area contributed by atoms with Crippen molar-refractivity contribution >= 4 is 11.9 Å². The third kappa shape index (κ3) is 2.34. The Bertz CT molecular complexity index is 499. The molecule has 1 amide bonds. The molecule has 0 fully saturated rings. The summed E-state index contributed by atoms with van der Waals surface area (Å²) in [5, 5.41) is 30.5. The maximum absolute atomic E-state index is 11.3. The minimum atomic E-state index is -1.37. The first-order chi connectivity index (χ1) is 8.49. The fourth-order valence-electron chi connectivity index (χ4n) is 1.95. The topological polar surface area (TPSA) is 107 Å². The van der Waals surface area contributed by atoms with E-state index in [0.29, 0.717) is 17.7 Å². The van der Waals surface area contributed by atoms with Gasteiger partial charge in [0.15, 0.2) is 0 Å². The second-order valence-corrected chi connectivity index (χ2v) is 4.21. The van der Waals surface area contributed by atoms with Gasteiger partial charge in [0.1, 0.15) is 6.10 Å². The average molecular weight is 251 g/mol. The van der Waals surface area contributed by atoms with Crippen LogP contribution in [0.2, 0.25) is 0 Å². The first kappa shape index (κ1) is 12.5. The number of carbonyl (C=O) groups excluding carboxylic acids is 1. The summed E-state index contributed by atoms with van der Waals surface area (Å²) in [5.41, 5.74) is 1.68. The van der Waals surface area contributed by atoms with E-state index in [4.69, 9.17) is 5.11 Å². The highest BCUT2D eigenvalue weighted by atomic mass is 16.4. The molecule has 2 unspecified atom stereocenters. The van der Waals surface area contributed by atoms with E-state index in [2.05, 4.69) is 5.32 Å². The van der Waals surface area contributed by atoms with Crippen LogP contribution in [0.1, 0.15) is 34.0 Å². The molecule has 0 aliphatic carbocycles. The number of carboxylic acids is 1. The number of fused-ring (bicyclic) bond motifs is 1. The van der Waals surface area contributed by atoms with Gasteiger partial charge >= 0.3 is 5.97 Å². The second-order valence-electron chi connectivity index (χ2n) is 4.21. The molecule has 0 bridgehead atoms. The van der Waals surface area contributed by atoms with Crippen molar-refractivity contribution in [3.8, 4) is 0 Å². The van der Waals surface area contributed by atoms with E-state index in [-0.39, 0.29) is 5.91 Å². The molecule has 6 nitrogen and oxygen atoms in total. The smallest absolute Gasteiger partial charge is 0.306 e. The first-order valence-corrected chi connectivity index (χ1v) is 5.48. The molecule has 1 aliphatic heterocycles. The lowest BCUT2D eigenvalue weighted by molar-refractivity contribution is -0.141. The molecular weight excluding hydrogens is 238 g/mol. The van der Waals surface area contributed by atoms with E-state index in [0.717, 1.165) is 5.56 Å². The Morgan fingerprint density at radius 3 is 2.78 bits per heavy atom. The Morgan fingerprint density at radius 1 is 1.39 bits per heavy atom. The summed E-state index contributed by atoms with van der Waals surface area (Å²) in [5.74, 6) is -1.35. The molecule has 1 aromatic rings. The Morgan fingerprint density at radius 2 is 2.11 bits per heavy atom. The molecule has 1 aliphatic rings. The molecule has 0 saturated heterocycles. The number of nitrogens with one attached hydrogen (secondary N) is 1. The monoisotopic (exact) mass is 251 g/mol. The Balaban J connectivity index is 2.19. The first-order valence-electron chi connectivity index (χ1n) is 5.48. The molecule has 1 aromatic carbocycles. The van der Waals surface area contributed by atoms with Gasteiger partial charge < -0.3 is 20.6 Å². The maximum Gasteiger partial charge on any atom is 0.306 e. The second kappa shape index (κ2) is 4.75. The summed E-state index contributed by atoms with van der Waals surface area (Å²) in [6.45, 7) is 0.379. The van der Waals surface area contributed by atoms with Crippen molar-refractivity contribution in [1.29, 1.82) is 0 Å². The van der Waals surface area contributed by atoms with Gasteiger partial charge in [-0.25, -0.2) is 0 Å². The van der Waals surface area contributed by atoms with Crippen molar-refractivity contribution in [3.63, 3.8) is 0 Å². The van der Waals surface area contributed by atoms with Crippen LogP contribution < -0.4 is 5.32 Å². The summed E-state index contributed by atoms with van der Waals surface area (Å²) >= 11 is 0. The number of aliphatic hydroxyl groups is 2. The van der Waals surface area contributed by atoms with E-state index in [1.54, 1.807) is 12.1 Å². The Kier molecular flexibility index (Phi) is 3.31. The number of rotatable bonds is 4. The van der Waals surface area contributed by atoms with Gasteiger partial charge in [-0.15, -0.1) is 0 Å². The number of hydrogen-bond donors (Lipinski definition) is 4. The van der Waals surface area contributed by atoms with Crippen molar-refractivity contribution in [2.24, 2.45) is 0 Å². The van der Waals surface area contributed by atoms with Gasteiger partial charge in [0, 0.05) is 12.1 Å². The lowest BCUT2D eigenvalue weighted by Gasteiger charge is -2.17. The zero-order valence-electron chi connectivity index (χ0n) is 9.46. The van der Waals surface area contributed by atoms with E-state index >= 15 is 0 Å². The largest absolute Gasteiger partial charge is 0.481 e. The van der Waals surface area contributed by atoms with Gasteiger partial charge in [-0.1, -0.05) is 12.1 Å². The fourth-order valence-corrected chi connectivity index (χ4v) is 1.95. The zero-order valence-corrected chi connectivity index (χ0v) is 9.46. The molecule has 0 aromatic heterocycles. The fraction of sp³-hybridized carbons (Fsp3) is 0.333. The van der Waals surface area contributed by atoms with Gasteiger partial charge in [-0.2, -0.15) is 0 Å². The molecule has 0 radical (unpaired) electrons. The highest BCUT2D eigenvalue weighted by molar-refractivity contribution is 5.98. The predicted octanol–water partition coefficient (Wildman–Crippen LogP) is -0.201. The normalized spacial score (nSPS) is 16.9. The van der Waals surface area contributed by atoms with E-state index in [1.807, 2.05) is 0 Å². The van der Waals surface area contributed by atoms with Crippen molar-refractivity contribution in [3.05, 3.63) is 34.9 Å². The average Bonchev–Trinajstić information content (AvgIpc) is 2.69. The molecule has 2 atom stereocenters. The van der Waals surface area contributed by atoms with Crippen LogP contribution in [-0.2, 0) is 11.3 Å². The molecule has 2 rings (SSSR count). The van der Waals surface area contributed by atoms with Crippen molar-refractivity contribution in [1.82, 2.24) is 5.32 Å². The lowest BCUT2D eigenvalue weighted by atomic mass is 9.98. The Hall–Kier alpha value is -1.92. The van der Waals surface area contributed by atoms with Gasteiger partial charge in [-0.05, 0) is 17.2 Å². The molecule has 0 saturated carbocycles. The zero-order chi connectivity index (χ0) is 13.3. The van der Waals surface area contributed by atoms with Crippen molar-refractivity contribution in [2.45, 2.75) is 25.2 Å². The highest BCUT2D eigenvalue weighted by Crippen LogP contribution is 2.24. The van der Waals surface area contributed by atoms with Gasteiger partial charge in [-0.3, -0.25) is 9.59 Å². The van der Waals surface area contributed by atoms with Crippen LogP contribution in [-0.4, -0.2) is 33.3 Å². The number of aliphatic carboxylic acids is 1. The predicted molar refractivity (Wildman–Crippen MR) is 60.8 cm³/mol. The molecule has 0 spiro atoms. The van der Waals surface area contributed by atoms with Crippen LogP contribution in [0.3, 0.4) is 0 Å². The summed E-state index contributed by atoms with van der Waals surface area (Å²) in [6.07, 6.45) is -3.18. The van der Waals surface area contributed by atoms with Gasteiger partial charge in [0.25, 0.3) is 5.91 Å². The van der Waals surface area contributed by atoms with Crippen LogP contribution in [0.25, 0.3) is 0 Å². The van der Waals surface area contributed by atoms with Crippen LogP contribution in [0.15, 0.2) is 18.2 Å². The van der Waals surface area contributed by atoms with Crippen LogP contribution in [0.5, 0.6) is 0 Å². The molecule has 6 heteroatoms. The minimum absolute atomic E-state index is 0.169. The Labute approximate surface area is 103 Å².